The predicted octanol–water partition coefficient (Wildman–Crippen LogP) is 3.48. The standard InChI is InChI=1S/C13H9F3N2S/c14-9-2-1-3-10(15)12(9)18-7-4-5-8(13(17)19)11(16)6-7/h1-6,18H,(H2,17,19). The lowest BCUT2D eigenvalue weighted by atomic mass is 10.2. The van der Waals surface area contributed by atoms with Crippen molar-refractivity contribution in [2.45, 2.75) is 0 Å². The number of halogens is 3. The second kappa shape index (κ2) is 5.27. The Balaban J connectivity index is 2.34. The van der Waals surface area contributed by atoms with Gasteiger partial charge in [0.1, 0.15) is 28.1 Å². The second-order valence-corrected chi connectivity index (χ2v) is 4.22. The number of para-hydroxylation sites is 1. The SMILES string of the molecule is NC(=S)c1ccc(Nc2c(F)cccc2F)cc1F. The minimum absolute atomic E-state index is 0.0783. The van der Waals surface area contributed by atoms with Gasteiger partial charge in [-0.2, -0.15) is 0 Å². The molecule has 0 atom stereocenters. The number of thiocarbonyl (C=S) groups is 1. The summed E-state index contributed by atoms with van der Waals surface area (Å²) < 4.78 is 40.4. The van der Waals surface area contributed by atoms with Gasteiger partial charge in [-0.1, -0.05) is 18.3 Å². The van der Waals surface area contributed by atoms with E-state index in [-0.39, 0.29) is 21.9 Å². The fourth-order valence-electron chi connectivity index (χ4n) is 1.55. The number of nitrogens with one attached hydrogen (secondary N) is 1. The molecule has 0 aliphatic carbocycles. The van der Waals surface area contributed by atoms with E-state index < -0.39 is 17.5 Å². The molecule has 2 nitrogen and oxygen atoms in total. The normalized spacial score (nSPS) is 10.3. The summed E-state index contributed by atoms with van der Waals surface area (Å²) in [5.74, 6) is -2.19. The van der Waals surface area contributed by atoms with E-state index in [4.69, 9.17) is 5.73 Å². The van der Waals surface area contributed by atoms with E-state index in [9.17, 15) is 13.2 Å². The minimum Gasteiger partial charge on any atom is -0.389 e. The van der Waals surface area contributed by atoms with Gasteiger partial charge in [0.25, 0.3) is 0 Å². The molecule has 0 aliphatic heterocycles. The van der Waals surface area contributed by atoms with Crippen LogP contribution >= 0.6 is 12.2 Å². The summed E-state index contributed by atoms with van der Waals surface area (Å²) in [5.41, 5.74) is 5.25. The first-order valence-corrected chi connectivity index (χ1v) is 5.70. The summed E-state index contributed by atoms with van der Waals surface area (Å²) >= 11 is 4.66. The summed E-state index contributed by atoms with van der Waals surface area (Å²) in [7, 11) is 0. The largest absolute Gasteiger partial charge is 0.389 e. The van der Waals surface area contributed by atoms with E-state index in [1.54, 1.807) is 0 Å². The third-order valence-corrected chi connectivity index (χ3v) is 2.69. The van der Waals surface area contributed by atoms with Crippen molar-refractivity contribution < 1.29 is 13.2 Å². The third kappa shape index (κ3) is 2.85. The van der Waals surface area contributed by atoms with Crippen LogP contribution in [-0.2, 0) is 0 Å². The molecular weight excluding hydrogens is 273 g/mol. The summed E-state index contributed by atoms with van der Waals surface area (Å²) in [6.07, 6.45) is 0. The summed E-state index contributed by atoms with van der Waals surface area (Å²) in [6, 6.07) is 7.30. The van der Waals surface area contributed by atoms with Crippen LogP contribution in [0.25, 0.3) is 0 Å². The maximum Gasteiger partial charge on any atom is 0.149 e. The summed E-state index contributed by atoms with van der Waals surface area (Å²) in [5, 5.41) is 2.47. The van der Waals surface area contributed by atoms with Gasteiger partial charge in [0.15, 0.2) is 0 Å². The third-order valence-electron chi connectivity index (χ3n) is 2.47. The first kappa shape index (κ1) is 13.4. The Hall–Kier alpha value is -2.08. The highest BCUT2D eigenvalue weighted by atomic mass is 32.1. The lowest BCUT2D eigenvalue weighted by Crippen LogP contribution is -2.11. The van der Waals surface area contributed by atoms with Gasteiger partial charge in [-0.15, -0.1) is 0 Å². The number of hydrogen-bond acceptors (Lipinski definition) is 2. The van der Waals surface area contributed by atoms with E-state index >= 15 is 0 Å². The average Bonchev–Trinajstić information content (AvgIpc) is 2.33. The van der Waals surface area contributed by atoms with E-state index in [2.05, 4.69) is 17.5 Å². The van der Waals surface area contributed by atoms with Crippen molar-refractivity contribution in [3.8, 4) is 0 Å². The molecule has 2 aromatic rings. The molecule has 0 bridgehead atoms. The molecular formula is C13H9F3N2S. The van der Waals surface area contributed by atoms with Crippen molar-refractivity contribution in [2.24, 2.45) is 5.73 Å². The molecule has 0 unspecified atom stereocenters. The molecule has 3 N–H and O–H groups in total. The zero-order chi connectivity index (χ0) is 14.0. The molecule has 0 saturated heterocycles. The van der Waals surface area contributed by atoms with Gasteiger partial charge >= 0.3 is 0 Å². The van der Waals surface area contributed by atoms with Crippen molar-refractivity contribution in [3.05, 3.63) is 59.4 Å². The minimum atomic E-state index is -0.765. The smallest absolute Gasteiger partial charge is 0.149 e. The lowest BCUT2D eigenvalue weighted by Gasteiger charge is -2.10. The monoisotopic (exact) mass is 282 g/mol. The highest BCUT2D eigenvalue weighted by molar-refractivity contribution is 7.80. The van der Waals surface area contributed by atoms with Crippen LogP contribution in [0.3, 0.4) is 0 Å². The van der Waals surface area contributed by atoms with Gasteiger partial charge in [0.2, 0.25) is 0 Å². The van der Waals surface area contributed by atoms with E-state index in [1.807, 2.05) is 0 Å². The molecule has 98 valence electrons. The first-order valence-electron chi connectivity index (χ1n) is 5.29. The van der Waals surface area contributed by atoms with Crippen LogP contribution in [0, 0.1) is 17.5 Å². The quantitative estimate of drug-likeness (QED) is 0.846. The molecule has 0 amide bonds. The number of rotatable bonds is 3. The van der Waals surface area contributed by atoms with E-state index in [0.29, 0.717) is 0 Å². The molecule has 0 radical (unpaired) electrons. The molecule has 6 heteroatoms. The Morgan fingerprint density at radius 2 is 1.63 bits per heavy atom. The van der Waals surface area contributed by atoms with Crippen LogP contribution in [-0.4, -0.2) is 4.99 Å². The molecule has 0 aromatic heterocycles. The number of nitrogens with two attached hydrogens (primary N) is 1. The molecule has 0 heterocycles. The fraction of sp³-hybridized carbons (Fsp3) is 0. The zero-order valence-electron chi connectivity index (χ0n) is 9.58. The summed E-state index contributed by atoms with van der Waals surface area (Å²) in [6.45, 7) is 0. The maximum absolute atomic E-state index is 13.6. The highest BCUT2D eigenvalue weighted by Gasteiger charge is 2.10. The number of anilines is 2. The Morgan fingerprint density at radius 1 is 1.00 bits per heavy atom. The van der Waals surface area contributed by atoms with Gasteiger partial charge in [0, 0.05) is 11.3 Å². The van der Waals surface area contributed by atoms with Crippen molar-refractivity contribution in [1.82, 2.24) is 0 Å². The van der Waals surface area contributed by atoms with Crippen LogP contribution in [0.4, 0.5) is 24.5 Å². The maximum atomic E-state index is 13.6. The number of hydrogen-bond donors (Lipinski definition) is 2. The molecule has 0 saturated carbocycles. The lowest BCUT2D eigenvalue weighted by molar-refractivity contribution is 0.590. The van der Waals surface area contributed by atoms with Crippen molar-refractivity contribution >= 4 is 28.6 Å². The van der Waals surface area contributed by atoms with Crippen LogP contribution in [0.15, 0.2) is 36.4 Å². The van der Waals surface area contributed by atoms with Gasteiger partial charge in [-0.3, -0.25) is 0 Å². The first-order chi connectivity index (χ1) is 8.99. The van der Waals surface area contributed by atoms with Crippen LogP contribution in [0.2, 0.25) is 0 Å². The van der Waals surface area contributed by atoms with E-state index in [1.165, 1.54) is 18.2 Å². The van der Waals surface area contributed by atoms with Crippen molar-refractivity contribution in [2.75, 3.05) is 5.32 Å². The molecule has 19 heavy (non-hydrogen) atoms. The molecule has 0 aliphatic rings. The Labute approximate surface area is 113 Å². The molecule has 0 spiro atoms. The zero-order valence-corrected chi connectivity index (χ0v) is 10.4. The Kier molecular flexibility index (Phi) is 3.71. The van der Waals surface area contributed by atoms with Crippen molar-refractivity contribution in [3.63, 3.8) is 0 Å². The van der Waals surface area contributed by atoms with Crippen LogP contribution in [0.1, 0.15) is 5.56 Å². The van der Waals surface area contributed by atoms with Gasteiger partial charge in [-0.05, 0) is 30.3 Å². The van der Waals surface area contributed by atoms with E-state index in [0.717, 1.165) is 18.2 Å². The topological polar surface area (TPSA) is 38.0 Å². The second-order valence-electron chi connectivity index (χ2n) is 3.78. The molecule has 2 aromatic carbocycles. The average molecular weight is 282 g/mol. The van der Waals surface area contributed by atoms with Crippen molar-refractivity contribution in [1.29, 1.82) is 0 Å². The predicted molar refractivity (Wildman–Crippen MR) is 71.9 cm³/mol. The summed E-state index contributed by atoms with van der Waals surface area (Å²) in [4.78, 5) is -0.0823. The fourth-order valence-corrected chi connectivity index (χ4v) is 1.72. The van der Waals surface area contributed by atoms with Gasteiger partial charge < -0.3 is 11.1 Å². The number of benzene rings is 2. The molecule has 2 rings (SSSR count). The Morgan fingerprint density at radius 3 is 2.16 bits per heavy atom. The Bertz CT molecular complexity index is 624. The van der Waals surface area contributed by atoms with Gasteiger partial charge in [0.05, 0.1) is 0 Å². The molecule has 0 fully saturated rings. The van der Waals surface area contributed by atoms with Crippen LogP contribution < -0.4 is 11.1 Å². The van der Waals surface area contributed by atoms with Gasteiger partial charge in [-0.25, -0.2) is 13.2 Å². The van der Waals surface area contributed by atoms with Crippen LogP contribution in [0.5, 0.6) is 0 Å². The highest BCUT2D eigenvalue weighted by Crippen LogP contribution is 2.24.